The van der Waals surface area contributed by atoms with E-state index in [1.807, 2.05) is 69.2 Å². The van der Waals surface area contributed by atoms with Crippen molar-refractivity contribution in [2.45, 2.75) is 132 Å². The number of nitrogens with zero attached hydrogens (tertiary/aromatic N) is 1. The maximum absolute atomic E-state index is 14.2. The van der Waals surface area contributed by atoms with Gasteiger partial charge < -0.3 is 31.9 Å². The highest BCUT2D eigenvalue weighted by Crippen LogP contribution is 2.34. The number of primary amides is 1. The first-order chi connectivity index (χ1) is 20.1. The molecule has 0 radical (unpaired) electrons. The Bertz CT molecular complexity index is 1090. The molecule has 1 saturated carbocycles. The second kappa shape index (κ2) is 14.7. The molecule has 5 atom stereocenters. The Labute approximate surface area is 262 Å². The lowest BCUT2D eigenvalue weighted by Gasteiger charge is -2.38. The third kappa shape index (κ3) is 9.66. The van der Waals surface area contributed by atoms with Crippen LogP contribution in [0.5, 0.6) is 0 Å². The van der Waals surface area contributed by atoms with Crippen LogP contribution in [0.15, 0.2) is 0 Å². The summed E-state index contributed by atoms with van der Waals surface area (Å²) in [6, 6.07) is -4.66. The van der Waals surface area contributed by atoms with E-state index in [0.29, 0.717) is 12.8 Å². The number of urea groups is 1. The summed E-state index contributed by atoms with van der Waals surface area (Å²) in [5.74, 6) is -3.17. The molecule has 6 N–H and O–H groups in total. The van der Waals surface area contributed by atoms with Gasteiger partial charge in [-0.1, -0.05) is 74.7 Å². The quantitative estimate of drug-likeness (QED) is 0.209. The molecule has 1 saturated heterocycles. The Balaban J connectivity index is 2.33. The normalized spacial score (nSPS) is 21.2. The molecule has 2 unspecified atom stereocenters. The zero-order valence-electron chi connectivity index (χ0n) is 28.3. The third-order valence-electron chi connectivity index (χ3n) is 8.75. The number of nitrogens with one attached hydrogen (secondary N) is 4. The number of Topliss-reactive ketones (excluding diaryl/α,β-unsaturated/α-hetero) is 1. The lowest BCUT2D eigenvalue weighted by molar-refractivity contribution is -0.144. The van der Waals surface area contributed by atoms with Crippen LogP contribution in [0.4, 0.5) is 4.79 Å². The van der Waals surface area contributed by atoms with Crippen LogP contribution in [-0.4, -0.2) is 77.1 Å². The molecule has 0 spiro atoms. The second-order valence-electron chi connectivity index (χ2n) is 15.4. The Kier molecular flexibility index (Phi) is 12.4. The van der Waals surface area contributed by atoms with Crippen LogP contribution in [-0.2, 0) is 24.0 Å². The minimum atomic E-state index is -1.10. The summed E-state index contributed by atoms with van der Waals surface area (Å²) in [6.45, 7) is 18.9. The summed E-state index contributed by atoms with van der Waals surface area (Å²) in [5, 5.41) is 11.2. The first-order valence-corrected chi connectivity index (χ1v) is 16.0. The SMILES string of the molecule is CC(C)NC(=O)[C@@H](NC(=O)N[C@H](C(=O)N1CCC(C(C)C)[C@H]1C(=O)NC(CC1CCC1)C(=O)C(N)=O)C(C)(C)C)C(C)(C)C. The number of hydrogen-bond donors (Lipinski definition) is 5. The molecule has 0 aromatic rings. The summed E-state index contributed by atoms with van der Waals surface area (Å²) < 4.78 is 0. The van der Waals surface area contributed by atoms with Crippen molar-refractivity contribution in [3.05, 3.63) is 0 Å². The molecule has 12 heteroatoms. The van der Waals surface area contributed by atoms with Gasteiger partial charge >= 0.3 is 6.03 Å². The van der Waals surface area contributed by atoms with E-state index in [0.717, 1.165) is 19.3 Å². The lowest BCUT2D eigenvalue weighted by Crippen LogP contribution is -2.63. The van der Waals surface area contributed by atoms with E-state index >= 15 is 0 Å². The average Bonchev–Trinajstić information content (AvgIpc) is 3.30. The van der Waals surface area contributed by atoms with E-state index in [9.17, 15) is 28.8 Å². The fourth-order valence-electron chi connectivity index (χ4n) is 5.98. The van der Waals surface area contributed by atoms with E-state index in [2.05, 4.69) is 21.3 Å². The van der Waals surface area contributed by atoms with Crippen molar-refractivity contribution in [3.8, 4) is 0 Å². The molecule has 0 bridgehead atoms. The molecule has 2 fully saturated rings. The maximum Gasteiger partial charge on any atom is 0.316 e. The largest absolute Gasteiger partial charge is 0.363 e. The zero-order chi connectivity index (χ0) is 33.7. The van der Waals surface area contributed by atoms with E-state index < -0.39 is 64.5 Å². The standard InChI is InChI=1S/C32H56N6O6/c1-17(2)20-14-15-38(22(20)27(41)35-21(23(39)26(33)40)16-19-12-11-13-19)29(43)25(32(8,9)10)37-30(44)36-24(31(5,6)7)28(42)34-18(3)4/h17-22,24-25H,11-16H2,1-10H3,(H2,33,40)(H,34,42)(H,35,41)(H2,36,37,44)/t20?,21?,22-,24+,25+/m0/s1. The maximum atomic E-state index is 14.2. The molecule has 250 valence electrons. The Morgan fingerprint density at radius 3 is 1.77 bits per heavy atom. The van der Waals surface area contributed by atoms with Crippen LogP contribution in [0.2, 0.25) is 0 Å². The van der Waals surface area contributed by atoms with Gasteiger partial charge in [0.2, 0.25) is 23.5 Å². The van der Waals surface area contributed by atoms with Gasteiger partial charge in [0.25, 0.3) is 5.91 Å². The Hall–Kier alpha value is -3.18. The zero-order valence-corrected chi connectivity index (χ0v) is 28.3. The van der Waals surface area contributed by atoms with Crippen LogP contribution in [0, 0.1) is 28.6 Å². The molecule has 2 rings (SSSR count). The highest BCUT2D eigenvalue weighted by molar-refractivity contribution is 6.37. The summed E-state index contributed by atoms with van der Waals surface area (Å²) in [7, 11) is 0. The highest BCUT2D eigenvalue weighted by Gasteiger charge is 2.48. The number of rotatable bonds is 12. The van der Waals surface area contributed by atoms with Crippen LogP contribution >= 0.6 is 0 Å². The second-order valence-corrected chi connectivity index (χ2v) is 15.4. The number of ketones is 1. The van der Waals surface area contributed by atoms with Gasteiger partial charge in [0, 0.05) is 12.6 Å². The minimum Gasteiger partial charge on any atom is -0.363 e. The predicted molar refractivity (Wildman–Crippen MR) is 168 cm³/mol. The monoisotopic (exact) mass is 620 g/mol. The van der Waals surface area contributed by atoms with Crippen molar-refractivity contribution >= 4 is 35.4 Å². The van der Waals surface area contributed by atoms with Gasteiger partial charge in [-0.05, 0) is 55.3 Å². The van der Waals surface area contributed by atoms with Gasteiger partial charge in [-0.25, -0.2) is 4.79 Å². The Morgan fingerprint density at radius 1 is 0.795 bits per heavy atom. The Morgan fingerprint density at radius 2 is 1.34 bits per heavy atom. The fourth-order valence-corrected chi connectivity index (χ4v) is 5.98. The number of amides is 6. The van der Waals surface area contributed by atoms with Gasteiger partial charge in [-0.3, -0.25) is 24.0 Å². The molecule has 6 amide bonds. The smallest absolute Gasteiger partial charge is 0.316 e. The van der Waals surface area contributed by atoms with Crippen LogP contribution < -0.4 is 27.0 Å². The van der Waals surface area contributed by atoms with E-state index in [-0.39, 0.29) is 36.2 Å². The molecule has 1 heterocycles. The number of nitrogens with two attached hydrogens (primary N) is 1. The first-order valence-electron chi connectivity index (χ1n) is 16.0. The molecule has 0 aromatic carbocycles. The highest BCUT2D eigenvalue weighted by atomic mass is 16.2. The summed E-state index contributed by atoms with van der Waals surface area (Å²) in [5.41, 5.74) is 3.95. The lowest BCUT2D eigenvalue weighted by atomic mass is 9.80. The predicted octanol–water partition coefficient (Wildman–Crippen LogP) is 2.24. The van der Waals surface area contributed by atoms with Crippen molar-refractivity contribution in [3.63, 3.8) is 0 Å². The van der Waals surface area contributed by atoms with Gasteiger partial charge in [0.15, 0.2) is 0 Å². The summed E-state index contributed by atoms with van der Waals surface area (Å²) in [4.78, 5) is 80.3. The minimum absolute atomic E-state index is 0.0387. The fraction of sp³-hybridized carbons (Fsp3) is 0.812. The van der Waals surface area contributed by atoms with Crippen LogP contribution in [0.25, 0.3) is 0 Å². The molecular formula is C32H56N6O6. The van der Waals surface area contributed by atoms with Crippen molar-refractivity contribution in [1.29, 1.82) is 0 Å². The van der Waals surface area contributed by atoms with Crippen molar-refractivity contribution in [2.75, 3.05) is 6.54 Å². The number of hydrogen-bond acceptors (Lipinski definition) is 6. The summed E-state index contributed by atoms with van der Waals surface area (Å²) in [6.07, 6.45) is 3.74. The van der Waals surface area contributed by atoms with Gasteiger partial charge in [-0.2, -0.15) is 0 Å². The van der Waals surface area contributed by atoms with Crippen molar-refractivity contribution in [1.82, 2.24) is 26.2 Å². The van der Waals surface area contributed by atoms with Crippen LogP contribution in [0.1, 0.15) is 101 Å². The van der Waals surface area contributed by atoms with E-state index in [1.54, 1.807) is 0 Å². The number of likely N-dealkylation sites (tertiary alicyclic amines) is 1. The molecule has 44 heavy (non-hydrogen) atoms. The number of carbonyl (C=O) groups excluding carboxylic acids is 6. The van der Waals surface area contributed by atoms with Gasteiger partial charge in [0.1, 0.15) is 18.1 Å². The molecule has 1 aliphatic carbocycles. The van der Waals surface area contributed by atoms with Crippen LogP contribution in [0.3, 0.4) is 0 Å². The van der Waals surface area contributed by atoms with Crippen molar-refractivity contribution < 1.29 is 28.8 Å². The topological polar surface area (TPSA) is 180 Å². The molecular weight excluding hydrogens is 564 g/mol. The van der Waals surface area contributed by atoms with E-state index in [4.69, 9.17) is 5.73 Å². The van der Waals surface area contributed by atoms with Gasteiger partial charge in [-0.15, -0.1) is 0 Å². The first kappa shape index (κ1) is 37.0. The van der Waals surface area contributed by atoms with E-state index in [1.165, 1.54) is 4.90 Å². The summed E-state index contributed by atoms with van der Waals surface area (Å²) >= 11 is 0. The third-order valence-corrected chi connectivity index (χ3v) is 8.75. The molecule has 12 nitrogen and oxygen atoms in total. The van der Waals surface area contributed by atoms with Crippen molar-refractivity contribution in [2.24, 2.45) is 34.3 Å². The average molecular weight is 621 g/mol. The molecule has 0 aromatic heterocycles. The molecule has 1 aliphatic heterocycles. The number of carbonyl (C=O) groups is 6. The van der Waals surface area contributed by atoms with Gasteiger partial charge in [0.05, 0.1) is 6.04 Å². The molecule has 2 aliphatic rings.